The Morgan fingerprint density at radius 1 is 0.367 bits per heavy atom. The summed E-state index contributed by atoms with van der Waals surface area (Å²) in [6.07, 6.45) is 0. The minimum absolute atomic E-state index is 0.521. The normalized spacial score (nSPS) is 11.2. The maximum atomic E-state index is 11.0. The number of rotatable bonds is 4. The first-order valence-corrected chi connectivity index (χ1v) is 16.3. The summed E-state index contributed by atoms with van der Waals surface area (Å²) < 4.78 is 2.18. The summed E-state index contributed by atoms with van der Waals surface area (Å²) in [6, 6.07) is 61.2. The van der Waals surface area contributed by atoms with E-state index in [0.29, 0.717) is 11.1 Å². The van der Waals surface area contributed by atoms with Crippen LogP contribution in [0.25, 0.3) is 82.4 Å². The molecule has 3 nitrogen and oxygen atoms in total. The van der Waals surface area contributed by atoms with Crippen molar-refractivity contribution in [3.63, 3.8) is 0 Å². The summed E-state index contributed by atoms with van der Waals surface area (Å²) in [5, 5.41) is 28.3. The molecule has 0 fully saturated rings. The average molecular weight is 622 g/mol. The molecule has 0 atom stereocenters. The van der Waals surface area contributed by atoms with E-state index in [1.54, 1.807) is 0 Å². The fourth-order valence-corrected chi connectivity index (χ4v) is 7.71. The molecule has 49 heavy (non-hydrogen) atoms. The van der Waals surface area contributed by atoms with Crippen LogP contribution in [0.4, 0.5) is 0 Å². The van der Waals surface area contributed by atoms with Gasteiger partial charge in [-0.2, -0.15) is 10.5 Å². The molecule has 226 valence electrons. The van der Waals surface area contributed by atoms with Gasteiger partial charge >= 0.3 is 0 Å². The summed E-state index contributed by atoms with van der Waals surface area (Å²) in [6.45, 7) is 0. The van der Waals surface area contributed by atoms with E-state index < -0.39 is 0 Å². The van der Waals surface area contributed by atoms with Crippen molar-refractivity contribution in [3.05, 3.63) is 175 Å². The predicted molar refractivity (Wildman–Crippen MR) is 202 cm³/mol. The Labute approximate surface area is 283 Å². The van der Waals surface area contributed by atoms with Gasteiger partial charge in [-0.3, -0.25) is 0 Å². The van der Waals surface area contributed by atoms with Gasteiger partial charge in [-0.1, -0.05) is 140 Å². The van der Waals surface area contributed by atoms with Crippen molar-refractivity contribution in [2.45, 2.75) is 0 Å². The molecule has 0 saturated carbocycles. The molecule has 1 aromatic heterocycles. The molecule has 0 amide bonds. The molecule has 9 rings (SSSR count). The van der Waals surface area contributed by atoms with Crippen LogP contribution in [0, 0.1) is 22.7 Å². The van der Waals surface area contributed by atoms with Crippen LogP contribution in [0.5, 0.6) is 0 Å². The quantitative estimate of drug-likeness (QED) is 0.184. The highest BCUT2D eigenvalue weighted by atomic mass is 15.0. The van der Waals surface area contributed by atoms with Crippen LogP contribution in [0.2, 0.25) is 0 Å². The lowest BCUT2D eigenvalue weighted by Crippen LogP contribution is -2.01. The zero-order valence-corrected chi connectivity index (χ0v) is 26.4. The van der Waals surface area contributed by atoms with Crippen LogP contribution in [-0.4, -0.2) is 4.57 Å². The van der Waals surface area contributed by atoms with E-state index >= 15 is 0 Å². The van der Waals surface area contributed by atoms with Crippen LogP contribution in [0.15, 0.2) is 164 Å². The first-order chi connectivity index (χ1) is 24.3. The third-order valence-corrected chi connectivity index (χ3v) is 9.69. The molecule has 0 saturated heterocycles. The fourth-order valence-electron chi connectivity index (χ4n) is 7.71. The van der Waals surface area contributed by atoms with Gasteiger partial charge in [0, 0.05) is 21.9 Å². The maximum Gasteiger partial charge on any atom is 0.102 e. The van der Waals surface area contributed by atoms with E-state index in [1.807, 2.05) is 60.7 Å². The number of nitrogens with zero attached hydrogens (tertiary/aromatic N) is 3. The van der Waals surface area contributed by atoms with Crippen LogP contribution >= 0.6 is 0 Å². The summed E-state index contributed by atoms with van der Waals surface area (Å²) >= 11 is 0. The number of hydrogen-bond donors (Lipinski definition) is 0. The molecule has 9 aromatic rings. The monoisotopic (exact) mass is 621 g/mol. The molecule has 0 spiro atoms. The number of fused-ring (bicyclic) bond motifs is 5. The van der Waals surface area contributed by atoms with Crippen molar-refractivity contribution < 1.29 is 0 Å². The molecular weight excluding hydrogens is 595 g/mol. The highest BCUT2D eigenvalue weighted by molar-refractivity contribution is 6.22. The zero-order valence-electron chi connectivity index (χ0n) is 26.4. The molecule has 0 N–H and O–H groups in total. The summed E-state index contributed by atoms with van der Waals surface area (Å²) in [4.78, 5) is 0. The van der Waals surface area contributed by atoms with Crippen molar-refractivity contribution in [2.75, 3.05) is 0 Å². The van der Waals surface area contributed by atoms with Crippen molar-refractivity contribution >= 4 is 43.4 Å². The SMILES string of the molecule is N#Cc1cccc(-c2c3ccccc3c(-c3ccccc3)c3ccccc23)c1-c1cccc(-n2c3ccccc3c3ccccc32)c1C#N. The molecule has 0 aliphatic rings. The molecule has 0 bridgehead atoms. The molecule has 0 aliphatic heterocycles. The predicted octanol–water partition coefficient (Wildman–Crippen LogP) is 11.8. The molecule has 0 radical (unpaired) electrons. The van der Waals surface area contributed by atoms with E-state index in [-0.39, 0.29) is 0 Å². The molecule has 1 heterocycles. The smallest absolute Gasteiger partial charge is 0.102 e. The van der Waals surface area contributed by atoms with E-state index in [1.165, 1.54) is 5.56 Å². The number of hydrogen-bond acceptors (Lipinski definition) is 2. The first kappa shape index (κ1) is 28.3. The number of para-hydroxylation sites is 2. The van der Waals surface area contributed by atoms with Gasteiger partial charge in [0.2, 0.25) is 0 Å². The minimum Gasteiger partial charge on any atom is -0.308 e. The Kier molecular flexibility index (Phi) is 6.58. The van der Waals surface area contributed by atoms with Crippen molar-refractivity contribution in [1.82, 2.24) is 4.57 Å². The second kappa shape index (κ2) is 11.4. The van der Waals surface area contributed by atoms with E-state index in [0.717, 1.165) is 76.9 Å². The Morgan fingerprint density at radius 2 is 0.857 bits per heavy atom. The van der Waals surface area contributed by atoms with Gasteiger partial charge in [-0.15, -0.1) is 0 Å². The van der Waals surface area contributed by atoms with E-state index in [4.69, 9.17) is 0 Å². The average Bonchev–Trinajstić information content (AvgIpc) is 3.51. The Balaban J connectivity index is 1.40. The third-order valence-electron chi connectivity index (χ3n) is 9.69. The van der Waals surface area contributed by atoms with Crippen LogP contribution < -0.4 is 0 Å². The van der Waals surface area contributed by atoms with Crippen molar-refractivity contribution in [1.29, 1.82) is 10.5 Å². The van der Waals surface area contributed by atoms with Crippen molar-refractivity contribution in [2.24, 2.45) is 0 Å². The zero-order chi connectivity index (χ0) is 32.9. The van der Waals surface area contributed by atoms with Gasteiger partial charge in [0.25, 0.3) is 0 Å². The number of aromatic nitrogens is 1. The highest BCUT2D eigenvalue weighted by Crippen LogP contribution is 2.47. The molecule has 0 aliphatic carbocycles. The highest BCUT2D eigenvalue weighted by Gasteiger charge is 2.24. The number of nitriles is 2. The third kappa shape index (κ3) is 4.27. The lowest BCUT2D eigenvalue weighted by atomic mass is 9.82. The van der Waals surface area contributed by atoms with Gasteiger partial charge < -0.3 is 4.57 Å². The topological polar surface area (TPSA) is 52.5 Å². The van der Waals surface area contributed by atoms with Crippen LogP contribution in [0.3, 0.4) is 0 Å². The minimum atomic E-state index is 0.521. The molecule has 0 unspecified atom stereocenters. The van der Waals surface area contributed by atoms with Gasteiger partial charge in [0.15, 0.2) is 0 Å². The second-order valence-corrected chi connectivity index (χ2v) is 12.2. The largest absolute Gasteiger partial charge is 0.308 e. The Morgan fingerprint density at radius 3 is 1.43 bits per heavy atom. The first-order valence-electron chi connectivity index (χ1n) is 16.3. The van der Waals surface area contributed by atoms with Gasteiger partial charge in [-0.05, 0) is 68.1 Å². The summed E-state index contributed by atoms with van der Waals surface area (Å²) in [5.41, 5.74) is 9.66. The number of benzene rings is 8. The standard InChI is InChI=1S/C46H27N3/c47-28-31-16-12-24-39(46-36-21-6-4-19-34(36)44(30-14-2-1-3-15-30)35-20-5-7-22-37(35)46)45(31)38-23-13-27-43(40(38)29-48)49-41-25-10-8-17-32(41)33-18-9-11-26-42(33)49/h1-27H. The molecule has 8 aromatic carbocycles. The fraction of sp³-hybridized carbons (Fsp3) is 0. The second-order valence-electron chi connectivity index (χ2n) is 12.2. The Bertz CT molecular complexity index is 2740. The molecular formula is C46H27N3. The van der Waals surface area contributed by atoms with Crippen LogP contribution in [-0.2, 0) is 0 Å². The van der Waals surface area contributed by atoms with Gasteiger partial charge in [0.1, 0.15) is 6.07 Å². The van der Waals surface area contributed by atoms with E-state index in [9.17, 15) is 10.5 Å². The summed E-state index contributed by atoms with van der Waals surface area (Å²) in [7, 11) is 0. The van der Waals surface area contributed by atoms with E-state index in [2.05, 4.69) is 120 Å². The maximum absolute atomic E-state index is 11.0. The van der Waals surface area contributed by atoms with Gasteiger partial charge in [-0.25, -0.2) is 0 Å². The lowest BCUT2D eigenvalue weighted by molar-refractivity contribution is 1.17. The van der Waals surface area contributed by atoms with Crippen LogP contribution in [0.1, 0.15) is 11.1 Å². The lowest BCUT2D eigenvalue weighted by Gasteiger charge is -2.21. The summed E-state index contributed by atoms with van der Waals surface area (Å²) in [5.74, 6) is 0. The van der Waals surface area contributed by atoms with Crippen molar-refractivity contribution in [3.8, 4) is 51.2 Å². The van der Waals surface area contributed by atoms with Gasteiger partial charge in [0.05, 0.1) is 33.9 Å². The molecule has 3 heteroatoms. The Hall–Kier alpha value is -6.94.